The lowest BCUT2D eigenvalue weighted by molar-refractivity contribution is 0.0544. The average molecular weight is 274 g/mol. The highest BCUT2D eigenvalue weighted by molar-refractivity contribution is 5.89. The first-order valence-electron chi connectivity index (χ1n) is 6.78. The number of hydrogen-bond acceptors (Lipinski definition) is 3. The van der Waals surface area contributed by atoms with Crippen LogP contribution in [-0.4, -0.2) is 46.6 Å². The molecule has 6 heteroatoms. The van der Waals surface area contributed by atoms with Crippen molar-refractivity contribution in [3.63, 3.8) is 0 Å². The molecular weight excluding hydrogens is 256 g/mol. The van der Waals surface area contributed by atoms with Crippen LogP contribution >= 0.6 is 0 Å². The highest BCUT2D eigenvalue weighted by Crippen LogP contribution is 2.15. The number of hydrogen-bond donors (Lipinski definition) is 1. The van der Waals surface area contributed by atoms with E-state index in [4.69, 9.17) is 4.74 Å². The minimum atomic E-state index is -0.0900. The Morgan fingerprint density at radius 1 is 1.45 bits per heavy atom. The van der Waals surface area contributed by atoms with Crippen molar-refractivity contribution < 1.29 is 9.53 Å². The fraction of sp³-hybridized carbons (Fsp3) is 0.429. The standard InChI is InChI=1S/C14H18N4O2/c1-17(12-3-8-20-9-4-12)14(19)16-11-2-6-18-7-5-15-13(18)10-11/h2,5-7,10,12H,3-4,8-9H2,1H3,(H,16,19). The van der Waals surface area contributed by atoms with Crippen LogP contribution in [0.15, 0.2) is 30.7 Å². The van der Waals surface area contributed by atoms with Crippen molar-refractivity contribution in [3.8, 4) is 0 Å². The molecule has 0 aromatic carbocycles. The fourth-order valence-corrected chi connectivity index (χ4v) is 2.44. The topological polar surface area (TPSA) is 58.9 Å². The molecule has 1 saturated heterocycles. The quantitative estimate of drug-likeness (QED) is 0.911. The van der Waals surface area contributed by atoms with E-state index in [-0.39, 0.29) is 12.1 Å². The predicted octanol–water partition coefficient (Wildman–Crippen LogP) is 1.98. The van der Waals surface area contributed by atoms with Gasteiger partial charge in [0.2, 0.25) is 0 Å². The number of nitrogens with one attached hydrogen (secondary N) is 1. The maximum absolute atomic E-state index is 12.2. The Labute approximate surface area is 117 Å². The molecule has 0 aliphatic carbocycles. The summed E-state index contributed by atoms with van der Waals surface area (Å²) in [7, 11) is 1.83. The number of carbonyl (C=O) groups excluding carboxylic acids is 1. The molecule has 1 aliphatic heterocycles. The van der Waals surface area contributed by atoms with Crippen LogP contribution in [0.3, 0.4) is 0 Å². The Kier molecular flexibility index (Phi) is 3.56. The molecule has 1 aliphatic rings. The van der Waals surface area contributed by atoms with Crippen molar-refractivity contribution in [2.75, 3.05) is 25.6 Å². The van der Waals surface area contributed by atoms with Gasteiger partial charge >= 0.3 is 6.03 Å². The molecular formula is C14H18N4O2. The average Bonchev–Trinajstić information content (AvgIpc) is 2.95. The lowest BCUT2D eigenvalue weighted by Crippen LogP contribution is -2.42. The smallest absolute Gasteiger partial charge is 0.321 e. The molecule has 3 heterocycles. The van der Waals surface area contributed by atoms with E-state index in [0.717, 1.165) is 37.4 Å². The van der Waals surface area contributed by atoms with Crippen LogP contribution in [0.2, 0.25) is 0 Å². The molecule has 1 fully saturated rings. The van der Waals surface area contributed by atoms with Gasteiger partial charge in [-0.2, -0.15) is 0 Å². The number of amides is 2. The molecule has 6 nitrogen and oxygen atoms in total. The lowest BCUT2D eigenvalue weighted by Gasteiger charge is -2.31. The maximum Gasteiger partial charge on any atom is 0.321 e. The summed E-state index contributed by atoms with van der Waals surface area (Å²) in [5, 5.41) is 2.91. The number of ether oxygens (including phenoxy) is 1. The summed E-state index contributed by atoms with van der Waals surface area (Å²) in [5.41, 5.74) is 1.57. The highest BCUT2D eigenvalue weighted by atomic mass is 16.5. The molecule has 106 valence electrons. The summed E-state index contributed by atoms with van der Waals surface area (Å²) in [6, 6.07) is 3.88. The van der Waals surface area contributed by atoms with Crippen molar-refractivity contribution in [1.82, 2.24) is 14.3 Å². The number of pyridine rings is 1. The molecule has 0 atom stereocenters. The molecule has 0 bridgehead atoms. The molecule has 3 rings (SSSR count). The second-order valence-corrected chi connectivity index (χ2v) is 4.99. The van der Waals surface area contributed by atoms with E-state index in [1.165, 1.54) is 0 Å². The van der Waals surface area contributed by atoms with Crippen molar-refractivity contribution in [2.24, 2.45) is 0 Å². The van der Waals surface area contributed by atoms with E-state index in [2.05, 4.69) is 10.3 Å². The SMILES string of the molecule is CN(C(=O)Nc1ccn2ccnc2c1)C1CCOCC1. The van der Waals surface area contributed by atoms with Crippen LogP contribution in [0.1, 0.15) is 12.8 Å². The third-order valence-corrected chi connectivity index (χ3v) is 3.71. The third-order valence-electron chi connectivity index (χ3n) is 3.71. The molecule has 1 N–H and O–H groups in total. The summed E-state index contributed by atoms with van der Waals surface area (Å²) < 4.78 is 7.22. The van der Waals surface area contributed by atoms with Crippen LogP contribution in [0.4, 0.5) is 10.5 Å². The van der Waals surface area contributed by atoms with Gasteiger partial charge in [0.15, 0.2) is 0 Å². The van der Waals surface area contributed by atoms with Crippen molar-refractivity contribution in [3.05, 3.63) is 30.7 Å². The van der Waals surface area contributed by atoms with Gasteiger partial charge in [0.25, 0.3) is 0 Å². The summed E-state index contributed by atoms with van der Waals surface area (Å²) in [5.74, 6) is 0. The first kappa shape index (κ1) is 12.9. The van der Waals surface area contributed by atoms with Crippen LogP contribution in [-0.2, 0) is 4.74 Å². The molecule has 20 heavy (non-hydrogen) atoms. The van der Waals surface area contributed by atoms with E-state index in [1.54, 1.807) is 11.1 Å². The Bertz CT molecular complexity index is 604. The Hall–Kier alpha value is -2.08. The van der Waals surface area contributed by atoms with E-state index in [0.29, 0.717) is 0 Å². The number of anilines is 1. The molecule has 0 radical (unpaired) electrons. The van der Waals surface area contributed by atoms with Gasteiger partial charge in [0, 0.05) is 56.6 Å². The van der Waals surface area contributed by atoms with Gasteiger partial charge in [0.1, 0.15) is 5.65 Å². The number of carbonyl (C=O) groups is 1. The fourth-order valence-electron chi connectivity index (χ4n) is 2.44. The van der Waals surface area contributed by atoms with Crippen LogP contribution in [0, 0.1) is 0 Å². The molecule has 0 saturated carbocycles. The van der Waals surface area contributed by atoms with Gasteiger partial charge in [0.05, 0.1) is 0 Å². The summed E-state index contributed by atoms with van der Waals surface area (Å²) in [4.78, 5) is 18.2. The first-order chi connectivity index (χ1) is 9.74. The van der Waals surface area contributed by atoms with Gasteiger partial charge in [-0.1, -0.05) is 0 Å². The second kappa shape index (κ2) is 5.50. The number of fused-ring (bicyclic) bond motifs is 1. The molecule has 0 unspecified atom stereocenters. The van der Waals surface area contributed by atoms with Crippen molar-refractivity contribution in [1.29, 1.82) is 0 Å². The normalized spacial score (nSPS) is 16.2. The predicted molar refractivity (Wildman–Crippen MR) is 75.8 cm³/mol. The van der Waals surface area contributed by atoms with Gasteiger partial charge in [-0.05, 0) is 18.9 Å². The number of rotatable bonds is 2. The van der Waals surface area contributed by atoms with Gasteiger partial charge in [-0.15, -0.1) is 0 Å². The number of imidazole rings is 1. The van der Waals surface area contributed by atoms with Crippen LogP contribution in [0.5, 0.6) is 0 Å². The zero-order valence-electron chi connectivity index (χ0n) is 11.5. The number of aromatic nitrogens is 2. The van der Waals surface area contributed by atoms with E-state index >= 15 is 0 Å². The molecule has 2 amide bonds. The van der Waals surface area contributed by atoms with E-state index in [9.17, 15) is 4.79 Å². The van der Waals surface area contributed by atoms with Gasteiger partial charge in [-0.25, -0.2) is 9.78 Å². The minimum absolute atomic E-state index is 0.0900. The summed E-state index contributed by atoms with van der Waals surface area (Å²) in [6.45, 7) is 1.45. The molecule has 2 aromatic heterocycles. The van der Waals surface area contributed by atoms with Gasteiger partial charge < -0.3 is 19.4 Å². The third kappa shape index (κ3) is 2.60. The molecule has 2 aromatic rings. The number of urea groups is 1. The second-order valence-electron chi connectivity index (χ2n) is 4.99. The van der Waals surface area contributed by atoms with E-state index in [1.807, 2.05) is 36.0 Å². The monoisotopic (exact) mass is 274 g/mol. The first-order valence-corrected chi connectivity index (χ1v) is 6.78. The van der Waals surface area contributed by atoms with Crippen LogP contribution in [0.25, 0.3) is 5.65 Å². The summed E-state index contributed by atoms with van der Waals surface area (Å²) >= 11 is 0. The minimum Gasteiger partial charge on any atom is -0.381 e. The van der Waals surface area contributed by atoms with Crippen molar-refractivity contribution >= 4 is 17.4 Å². The largest absolute Gasteiger partial charge is 0.381 e. The zero-order valence-corrected chi connectivity index (χ0v) is 11.5. The Morgan fingerprint density at radius 3 is 3.05 bits per heavy atom. The summed E-state index contributed by atoms with van der Waals surface area (Å²) in [6.07, 6.45) is 7.27. The lowest BCUT2D eigenvalue weighted by atomic mass is 10.1. The number of nitrogens with zero attached hydrogens (tertiary/aromatic N) is 3. The van der Waals surface area contributed by atoms with Crippen LogP contribution < -0.4 is 5.32 Å². The maximum atomic E-state index is 12.2. The Balaban J connectivity index is 1.67. The molecule has 0 spiro atoms. The highest BCUT2D eigenvalue weighted by Gasteiger charge is 2.22. The Morgan fingerprint density at radius 2 is 2.25 bits per heavy atom. The zero-order chi connectivity index (χ0) is 13.9. The van der Waals surface area contributed by atoms with Gasteiger partial charge in [-0.3, -0.25) is 0 Å². The van der Waals surface area contributed by atoms with Crippen molar-refractivity contribution in [2.45, 2.75) is 18.9 Å². The van der Waals surface area contributed by atoms with E-state index < -0.39 is 0 Å².